The van der Waals surface area contributed by atoms with Gasteiger partial charge in [0.1, 0.15) is 5.82 Å². The lowest BCUT2D eigenvalue weighted by Crippen LogP contribution is -2.36. The molecule has 0 radical (unpaired) electrons. The van der Waals surface area contributed by atoms with E-state index in [-0.39, 0.29) is 31.3 Å². The van der Waals surface area contributed by atoms with E-state index in [9.17, 15) is 8.42 Å². The van der Waals surface area contributed by atoms with Crippen molar-refractivity contribution in [1.82, 2.24) is 13.9 Å². The lowest BCUT2D eigenvalue weighted by Gasteiger charge is -2.18. The molecule has 0 aliphatic rings. The van der Waals surface area contributed by atoms with E-state index in [1.165, 1.54) is 6.20 Å². The van der Waals surface area contributed by atoms with Gasteiger partial charge in [-0.3, -0.25) is 0 Å². The molecular formula is C9H17N3O4S. The molecule has 0 aromatic carbocycles. The average Bonchev–Trinajstić information content (AvgIpc) is 2.59. The molecule has 0 atom stereocenters. The molecule has 0 amide bonds. The highest BCUT2D eigenvalue weighted by atomic mass is 32.2. The molecule has 8 heteroatoms. The molecule has 0 spiro atoms. The normalized spacial score (nSPS) is 12.3. The zero-order valence-corrected chi connectivity index (χ0v) is 10.7. The Morgan fingerprint density at radius 1 is 1.35 bits per heavy atom. The maximum absolute atomic E-state index is 12.1. The summed E-state index contributed by atoms with van der Waals surface area (Å²) in [5.74, 6) is 0.580. The monoisotopic (exact) mass is 263 g/mol. The van der Waals surface area contributed by atoms with Gasteiger partial charge in [0.2, 0.25) is 0 Å². The summed E-state index contributed by atoms with van der Waals surface area (Å²) in [5, 5.41) is 17.6. The first-order chi connectivity index (χ1) is 7.93. The van der Waals surface area contributed by atoms with E-state index < -0.39 is 10.0 Å². The molecule has 7 nitrogen and oxygen atoms in total. The molecule has 1 aromatic rings. The molecule has 0 saturated carbocycles. The smallest absolute Gasteiger partial charge is 0.262 e. The van der Waals surface area contributed by atoms with Crippen molar-refractivity contribution in [3.05, 3.63) is 12.0 Å². The fourth-order valence-corrected chi connectivity index (χ4v) is 2.81. The van der Waals surface area contributed by atoms with Gasteiger partial charge in [0.15, 0.2) is 5.03 Å². The highest BCUT2D eigenvalue weighted by Gasteiger charge is 2.26. The maximum Gasteiger partial charge on any atom is 0.262 e. The predicted octanol–water partition coefficient (Wildman–Crippen LogP) is -1.30. The van der Waals surface area contributed by atoms with Crippen LogP contribution in [-0.2, 0) is 17.1 Å². The Balaban J connectivity index is 3.06. The third-order valence-corrected chi connectivity index (χ3v) is 4.16. The summed E-state index contributed by atoms with van der Waals surface area (Å²) in [4.78, 5) is 3.94. The zero-order chi connectivity index (χ0) is 13.1. The van der Waals surface area contributed by atoms with E-state index in [0.29, 0.717) is 5.82 Å². The first-order valence-corrected chi connectivity index (χ1v) is 6.59. The molecule has 0 saturated heterocycles. The Morgan fingerprint density at radius 2 is 1.88 bits per heavy atom. The number of nitrogens with zero attached hydrogens (tertiary/aromatic N) is 3. The summed E-state index contributed by atoms with van der Waals surface area (Å²) < 4.78 is 26.8. The molecule has 0 aliphatic heterocycles. The molecule has 2 N–H and O–H groups in total. The van der Waals surface area contributed by atoms with Crippen LogP contribution in [0.25, 0.3) is 0 Å². The molecule has 98 valence electrons. The fraction of sp³-hybridized carbons (Fsp3) is 0.667. The van der Waals surface area contributed by atoms with Crippen molar-refractivity contribution in [3.8, 4) is 0 Å². The van der Waals surface area contributed by atoms with Crippen molar-refractivity contribution in [2.75, 3.05) is 26.3 Å². The number of aliphatic hydroxyl groups is 2. The minimum Gasteiger partial charge on any atom is -0.395 e. The second-order valence-electron chi connectivity index (χ2n) is 3.59. The minimum absolute atomic E-state index is 0.0570. The second kappa shape index (κ2) is 5.58. The van der Waals surface area contributed by atoms with Crippen LogP contribution in [-0.4, -0.2) is 58.8 Å². The zero-order valence-electron chi connectivity index (χ0n) is 9.87. The van der Waals surface area contributed by atoms with E-state index >= 15 is 0 Å². The topological polar surface area (TPSA) is 95.7 Å². The van der Waals surface area contributed by atoms with Crippen LogP contribution in [0.4, 0.5) is 0 Å². The number of hydrogen-bond donors (Lipinski definition) is 2. The standard InChI is InChI=1S/C9H17N3O4S/c1-8-10-9(7-11(8)2)17(15,16)12(3-5-13)4-6-14/h7,13-14H,3-6H2,1-2H3. The molecule has 0 aliphatic carbocycles. The molecule has 0 unspecified atom stereocenters. The average molecular weight is 263 g/mol. The molecule has 1 rings (SSSR count). The minimum atomic E-state index is -3.75. The van der Waals surface area contributed by atoms with Crippen LogP contribution >= 0.6 is 0 Å². The van der Waals surface area contributed by atoms with E-state index in [2.05, 4.69) is 4.98 Å². The quantitative estimate of drug-likeness (QED) is 0.665. The van der Waals surface area contributed by atoms with Gasteiger partial charge in [-0.25, -0.2) is 13.4 Å². The van der Waals surface area contributed by atoms with E-state index in [1.807, 2.05) is 0 Å². The summed E-state index contributed by atoms with van der Waals surface area (Å²) in [7, 11) is -2.05. The summed E-state index contributed by atoms with van der Waals surface area (Å²) >= 11 is 0. The van der Waals surface area contributed by atoms with Crippen LogP contribution in [0.2, 0.25) is 0 Å². The number of imidazole rings is 1. The molecule has 17 heavy (non-hydrogen) atoms. The molecule has 1 heterocycles. The fourth-order valence-electron chi connectivity index (χ4n) is 1.36. The number of rotatable bonds is 6. The van der Waals surface area contributed by atoms with Crippen molar-refractivity contribution >= 4 is 10.0 Å². The van der Waals surface area contributed by atoms with Gasteiger partial charge in [0.05, 0.1) is 13.2 Å². The van der Waals surface area contributed by atoms with Crippen LogP contribution in [0.5, 0.6) is 0 Å². The van der Waals surface area contributed by atoms with Gasteiger partial charge in [-0.05, 0) is 6.92 Å². The summed E-state index contributed by atoms with van der Waals surface area (Å²) in [6, 6.07) is 0. The number of aryl methyl sites for hydroxylation is 2. The summed E-state index contributed by atoms with van der Waals surface area (Å²) in [6.45, 7) is 0.981. The Kier molecular flexibility index (Phi) is 4.63. The number of sulfonamides is 1. The van der Waals surface area contributed by atoms with Crippen molar-refractivity contribution < 1.29 is 18.6 Å². The van der Waals surface area contributed by atoms with Gasteiger partial charge in [0, 0.05) is 26.3 Å². The lowest BCUT2D eigenvalue weighted by atomic mass is 10.6. The van der Waals surface area contributed by atoms with E-state index in [0.717, 1.165) is 4.31 Å². The highest BCUT2D eigenvalue weighted by Crippen LogP contribution is 2.13. The van der Waals surface area contributed by atoms with Gasteiger partial charge >= 0.3 is 0 Å². The first kappa shape index (κ1) is 14.1. The van der Waals surface area contributed by atoms with Crippen molar-refractivity contribution in [1.29, 1.82) is 0 Å². The van der Waals surface area contributed by atoms with Gasteiger partial charge < -0.3 is 14.8 Å². The SMILES string of the molecule is Cc1nc(S(=O)(=O)N(CCO)CCO)cn1C. The summed E-state index contributed by atoms with van der Waals surface area (Å²) in [6.07, 6.45) is 1.41. The Hall–Kier alpha value is -0.960. The molecule has 1 aromatic heterocycles. The van der Waals surface area contributed by atoms with Crippen LogP contribution in [0.3, 0.4) is 0 Å². The largest absolute Gasteiger partial charge is 0.395 e. The van der Waals surface area contributed by atoms with Crippen LogP contribution in [0, 0.1) is 6.92 Å². The van der Waals surface area contributed by atoms with Crippen LogP contribution in [0.15, 0.2) is 11.2 Å². The molecule has 0 fully saturated rings. The summed E-state index contributed by atoms with van der Waals surface area (Å²) in [5.41, 5.74) is 0. The number of hydrogen-bond acceptors (Lipinski definition) is 5. The van der Waals surface area contributed by atoms with Crippen molar-refractivity contribution in [2.45, 2.75) is 11.9 Å². The third kappa shape index (κ3) is 3.03. The number of aliphatic hydroxyl groups excluding tert-OH is 2. The first-order valence-electron chi connectivity index (χ1n) is 5.15. The van der Waals surface area contributed by atoms with Crippen molar-refractivity contribution in [3.63, 3.8) is 0 Å². The van der Waals surface area contributed by atoms with Crippen LogP contribution < -0.4 is 0 Å². The lowest BCUT2D eigenvalue weighted by molar-refractivity contribution is 0.217. The van der Waals surface area contributed by atoms with E-state index in [1.54, 1.807) is 18.5 Å². The van der Waals surface area contributed by atoms with E-state index in [4.69, 9.17) is 10.2 Å². The second-order valence-corrected chi connectivity index (χ2v) is 5.47. The highest BCUT2D eigenvalue weighted by molar-refractivity contribution is 7.89. The van der Waals surface area contributed by atoms with Gasteiger partial charge in [-0.2, -0.15) is 4.31 Å². The number of aromatic nitrogens is 2. The van der Waals surface area contributed by atoms with Crippen molar-refractivity contribution in [2.24, 2.45) is 7.05 Å². The van der Waals surface area contributed by atoms with Gasteiger partial charge in [-0.1, -0.05) is 0 Å². The third-order valence-electron chi connectivity index (χ3n) is 2.39. The maximum atomic E-state index is 12.1. The Bertz CT molecular complexity index is 443. The Labute approximate surface area is 100 Å². The predicted molar refractivity (Wildman–Crippen MR) is 60.9 cm³/mol. The molecule has 0 bridgehead atoms. The van der Waals surface area contributed by atoms with Gasteiger partial charge in [0.25, 0.3) is 10.0 Å². The molecular weight excluding hydrogens is 246 g/mol. The Morgan fingerprint density at radius 3 is 2.24 bits per heavy atom. The van der Waals surface area contributed by atoms with Crippen LogP contribution in [0.1, 0.15) is 5.82 Å². The van der Waals surface area contributed by atoms with Gasteiger partial charge in [-0.15, -0.1) is 0 Å².